The molecule has 3 N–H and O–H groups in total. The van der Waals surface area contributed by atoms with Gasteiger partial charge in [0, 0.05) is 18.7 Å². The molecule has 0 bridgehead atoms. The maximum Gasteiger partial charge on any atom is 0.229 e. The Morgan fingerprint density at radius 1 is 1.35 bits per heavy atom. The number of aryl methyl sites for hydroxylation is 2. The number of amides is 1. The van der Waals surface area contributed by atoms with E-state index in [2.05, 4.69) is 10.5 Å². The number of carbonyl (C=O) groups excluding carboxylic acids is 1. The van der Waals surface area contributed by atoms with Crippen LogP contribution in [0.2, 0.25) is 0 Å². The molecule has 0 saturated heterocycles. The van der Waals surface area contributed by atoms with Crippen LogP contribution >= 0.6 is 0 Å². The monoisotopic (exact) mass is 273 g/mol. The molecule has 0 aliphatic rings. The summed E-state index contributed by atoms with van der Waals surface area (Å²) in [5, 5.41) is 6.76. The number of hydrogen-bond donors (Lipinski definition) is 2. The molecule has 20 heavy (non-hydrogen) atoms. The third kappa shape index (κ3) is 3.05. The van der Waals surface area contributed by atoms with Crippen molar-refractivity contribution in [2.45, 2.75) is 26.3 Å². The maximum atomic E-state index is 12.3. The highest BCUT2D eigenvalue weighted by Gasteiger charge is 2.19. The zero-order chi connectivity index (χ0) is 14.5. The van der Waals surface area contributed by atoms with Gasteiger partial charge in [-0.1, -0.05) is 35.5 Å². The van der Waals surface area contributed by atoms with Crippen LogP contribution in [0.1, 0.15) is 28.5 Å². The number of rotatable bonds is 5. The van der Waals surface area contributed by atoms with E-state index in [-0.39, 0.29) is 18.4 Å². The number of nitrogens with one attached hydrogen (secondary N) is 1. The van der Waals surface area contributed by atoms with Gasteiger partial charge >= 0.3 is 0 Å². The quantitative estimate of drug-likeness (QED) is 0.868. The van der Waals surface area contributed by atoms with E-state index in [9.17, 15) is 4.79 Å². The summed E-state index contributed by atoms with van der Waals surface area (Å²) in [6.07, 6.45) is 0. The summed E-state index contributed by atoms with van der Waals surface area (Å²) in [5.74, 6) is 0.308. The van der Waals surface area contributed by atoms with Crippen molar-refractivity contribution >= 4 is 5.91 Å². The van der Waals surface area contributed by atoms with E-state index >= 15 is 0 Å². The van der Waals surface area contributed by atoms with Crippen LogP contribution in [-0.4, -0.2) is 17.6 Å². The lowest BCUT2D eigenvalue weighted by molar-refractivity contribution is -0.122. The summed E-state index contributed by atoms with van der Waals surface area (Å²) in [5.41, 5.74) is 8.36. The van der Waals surface area contributed by atoms with Gasteiger partial charge in [-0.3, -0.25) is 4.79 Å². The van der Waals surface area contributed by atoms with Crippen LogP contribution in [0.5, 0.6) is 0 Å². The van der Waals surface area contributed by atoms with Gasteiger partial charge in [0.05, 0.1) is 11.6 Å². The first-order valence-corrected chi connectivity index (χ1v) is 6.58. The van der Waals surface area contributed by atoms with Crippen molar-refractivity contribution in [1.82, 2.24) is 10.5 Å². The smallest absolute Gasteiger partial charge is 0.229 e. The van der Waals surface area contributed by atoms with E-state index in [0.29, 0.717) is 6.54 Å². The third-order valence-corrected chi connectivity index (χ3v) is 3.37. The van der Waals surface area contributed by atoms with E-state index in [1.165, 1.54) is 0 Å². The first-order valence-electron chi connectivity index (χ1n) is 6.58. The van der Waals surface area contributed by atoms with E-state index < -0.39 is 0 Å². The predicted octanol–water partition coefficient (Wildman–Crippen LogP) is 1.65. The van der Waals surface area contributed by atoms with Crippen LogP contribution in [0, 0.1) is 13.8 Å². The summed E-state index contributed by atoms with van der Waals surface area (Å²) in [6, 6.07) is 9.54. The fraction of sp³-hybridized carbons (Fsp3) is 0.333. The van der Waals surface area contributed by atoms with Gasteiger partial charge in [-0.05, 0) is 19.4 Å². The Bertz CT molecular complexity index is 559. The van der Waals surface area contributed by atoms with Gasteiger partial charge in [-0.15, -0.1) is 0 Å². The lowest BCUT2D eigenvalue weighted by Gasteiger charge is -2.15. The van der Waals surface area contributed by atoms with Gasteiger partial charge in [0.15, 0.2) is 0 Å². The van der Waals surface area contributed by atoms with Crippen molar-refractivity contribution in [1.29, 1.82) is 0 Å². The van der Waals surface area contributed by atoms with Crippen molar-refractivity contribution < 1.29 is 9.32 Å². The lowest BCUT2D eigenvalue weighted by Crippen LogP contribution is -2.33. The highest BCUT2D eigenvalue weighted by atomic mass is 16.5. The molecule has 1 aromatic carbocycles. The van der Waals surface area contributed by atoms with E-state index in [0.717, 1.165) is 22.6 Å². The zero-order valence-corrected chi connectivity index (χ0v) is 11.7. The number of nitrogens with zero attached hydrogens (tertiary/aromatic N) is 1. The first-order chi connectivity index (χ1) is 9.63. The zero-order valence-electron chi connectivity index (χ0n) is 11.7. The standard InChI is InChI=1S/C15H19N3O2/c1-10-14(11(2)20-18-10)9-17-15(19)13(8-16)12-6-4-3-5-7-12/h3-7,13H,8-9,16H2,1-2H3,(H,17,19). The molecule has 0 aliphatic carbocycles. The molecule has 2 rings (SSSR count). The van der Waals surface area contributed by atoms with Crippen LogP contribution in [-0.2, 0) is 11.3 Å². The molecule has 1 unspecified atom stereocenters. The van der Waals surface area contributed by atoms with E-state index in [4.69, 9.17) is 10.3 Å². The molecule has 1 heterocycles. The minimum Gasteiger partial charge on any atom is -0.361 e. The van der Waals surface area contributed by atoms with Gasteiger partial charge in [-0.25, -0.2) is 0 Å². The van der Waals surface area contributed by atoms with Crippen molar-refractivity contribution in [3.05, 3.63) is 52.9 Å². The molecular formula is C15H19N3O2. The Hall–Kier alpha value is -2.14. The van der Waals surface area contributed by atoms with Gasteiger partial charge in [-0.2, -0.15) is 0 Å². The normalized spacial score (nSPS) is 12.2. The molecule has 0 spiro atoms. The second-order valence-corrected chi connectivity index (χ2v) is 4.72. The fourth-order valence-electron chi connectivity index (χ4n) is 2.13. The Labute approximate surface area is 118 Å². The minimum atomic E-state index is -0.336. The van der Waals surface area contributed by atoms with Crippen LogP contribution in [0.25, 0.3) is 0 Å². The average molecular weight is 273 g/mol. The lowest BCUT2D eigenvalue weighted by atomic mass is 9.98. The summed E-state index contributed by atoms with van der Waals surface area (Å²) in [4.78, 5) is 12.3. The highest BCUT2D eigenvalue weighted by Crippen LogP contribution is 2.16. The Morgan fingerprint density at radius 2 is 2.05 bits per heavy atom. The highest BCUT2D eigenvalue weighted by molar-refractivity contribution is 5.83. The Morgan fingerprint density at radius 3 is 2.60 bits per heavy atom. The third-order valence-electron chi connectivity index (χ3n) is 3.37. The fourth-order valence-corrected chi connectivity index (χ4v) is 2.13. The topological polar surface area (TPSA) is 81.2 Å². The van der Waals surface area contributed by atoms with Crippen LogP contribution in [0.15, 0.2) is 34.9 Å². The van der Waals surface area contributed by atoms with Gasteiger partial charge < -0.3 is 15.6 Å². The van der Waals surface area contributed by atoms with Crippen molar-refractivity contribution in [3.63, 3.8) is 0 Å². The van der Waals surface area contributed by atoms with Crippen LogP contribution in [0.4, 0.5) is 0 Å². The molecule has 5 nitrogen and oxygen atoms in total. The van der Waals surface area contributed by atoms with Gasteiger partial charge in [0.25, 0.3) is 0 Å². The van der Waals surface area contributed by atoms with Crippen molar-refractivity contribution in [3.8, 4) is 0 Å². The van der Waals surface area contributed by atoms with E-state index in [1.54, 1.807) is 0 Å². The van der Waals surface area contributed by atoms with Crippen molar-refractivity contribution in [2.24, 2.45) is 5.73 Å². The molecule has 0 aliphatic heterocycles. The largest absolute Gasteiger partial charge is 0.361 e. The number of nitrogens with two attached hydrogens (primary N) is 1. The predicted molar refractivity (Wildman–Crippen MR) is 76.1 cm³/mol. The maximum absolute atomic E-state index is 12.3. The Kier molecular flexibility index (Phi) is 4.53. The number of aromatic nitrogens is 1. The molecule has 0 radical (unpaired) electrons. The molecular weight excluding hydrogens is 254 g/mol. The minimum absolute atomic E-state index is 0.0845. The molecule has 1 amide bonds. The molecule has 1 aromatic heterocycles. The average Bonchev–Trinajstić information content (AvgIpc) is 2.78. The number of hydrogen-bond acceptors (Lipinski definition) is 4. The van der Waals surface area contributed by atoms with Gasteiger partial charge in [0.1, 0.15) is 5.76 Å². The summed E-state index contributed by atoms with van der Waals surface area (Å²) >= 11 is 0. The second-order valence-electron chi connectivity index (χ2n) is 4.72. The molecule has 2 aromatic rings. The summed E-state index contributed by atoms with van der Waals surface area (Å²) in [7, 11) is 0. The molecule has 0 saturated carbocycles. The molecule has 5 heteroatoms. The van der Waals surface area contributed by atoms with E-state index in [1.807, 2.05) is 44.2 Å². The Balaban J connectivity index is 2.04. The summed E-state index contributed by atoms with van der Waals surface area (Å²) in [6.45, 7) is 4.37. The van der Waals surface area contributed by atoms with Crippen molar-refractivity contribution in [2.75, 3.05) is 6.54 Å². The summed E-state index contributed by atoms with van der Waals surface area (Å²) < 4.78 is 5.07. The SMILES string of the molecule is Cc1noc(C)c1CNC(=O)C(CN)c1ccccc1. The van der Waals surface area contributed by atoms with Gasteiger partial charge in [0.2, 0.25) is 5.91 Å². The van der Waals surface area contributed by atoms with Crippen LogP contribution in [0.3, 0.4) is 0 Å². The number of carbonyl (C=O) groups is 1. The second kappa shape index (κ2) is 6.34. The molecule has 1 atom stereocenters. The first kappa shape index (κ1) is 14.3. The molecule has 0 fully saturated rings. The molecule has 106 valence electrons. The van der Waals surface area contributed by atoms with Crippen LogP contribution < -0.4 is 11.1 Å². The number of benzene rings is 1.